The van der Waals surface area contributed by atoms with E-state index in [0.29, 0.717) is 15.6 Å². The van der Waals surface area contributed by atoms with E-state index in [4.69, 9.17) is 20.4 Å². The second-order valence-electron chi connectivity index (χ2n) is 12.6. The van der Waals surface area contributed by atoms with Crippen molar-refractivity contribution in [2.75, 3.05) is 48.9 Å². The van der Waals surface area contributed by atoms with Crippen molar-refractivity contribution in [3.63, 3.8) is 0 Å². The first-order chi connectivity index (χ1) is 25.1. The van der Waals surface area contributed by atoms with Crippen LogP contribution in [0, 0.1) is 0 Å². The molecule has 1 aliphatic rings. The molecular weight excluding hydrogens is 668 g/mol. The monoisotopic (exact) mass is 717 g/mol. The summed E-state index contributed by atoms with van der Waals surface area (Å²) in [6.07, 6.45) is -12.9. The molecule has 0 radical (unpaired) electrons. The molecule has 1 aliphatic heterocycles. The smallest absolute Gasteiger partial charge is 0.421 e. The second kappa shape index (κ2) is 15.2. The standard InChI is InChI=1S/C29H41F6N7O5Si/c1-27(2,3)47-26(45)41(22-16-21(29(33,34)35)24(44)42(38-22)19-46-14-15-48(4,5)6)9-7-8-23(43)39-10-12-40(13-11-39)25-36-17-20(18-37-25)28(30,31)32/h16-18H,7-15,19H2,1-6H3/i10D2,11D2,12D2,13D2. The highest BCUT2D eigenvalue weighted by Gasteiger charge is 2.37. The van der Waals surface area contributed by atoms with Crippen LogP contribution in [0.25, 0.3) is 0 Å². The molecule has 0 aromatic carbocycles. The van der Waals surface area contributed by atoms with Gasteiger partial charge in [-0.25, -0.2) is 19.4 Å². The third-order valence-corrected chi connectivity index (χ3v) is 7.81. The lowest BCUT2D eigenvalue weighted by molar-refractivity contribution is -0.139. The van der Waals surface area contributed by atoms with Gasteiger partial charge in [-0.05, 0) is 33.2 Å². The molecule has 0 spiro atoms. The molecule has 0 aliphatic carbocycles. The van der Waals surface area contributed by atoms with Gasteiger partial charge in [0.1, 0.15) is 17.9 Å². The van der Waals surface area contributed by atoms with Crippen molar-refractivity contribution in [3.8, 4) is 0 Å². The van der Waals surface area contributed by atoms with Crippen LogP contribution in [-0.4, -0.2) is 89.5 Å². The van der Waals surface area contributed by atoms with Crippen molar-refractivity contribution in [3.05, 3.63) is 39.9 Å². The van der Waals surface area contributed by atoms with Gasteiger partial charge in [0.25, 0.3) is 5.56 Å². The topological polar surface area (TPSA) is 123 Å². The molecule has 3 heterocycles. The summed E-state index contributed by atoms with van der Waals surface area (Å²) >= 11 is 0. The minimum atomic E-state index is -5.24. The Morgan fingerprint density at radius 1 is 1.00 bits per heavy atom. The highest BCUT2D eigenvalue weighted by Crippen LogP contribution is 2.30. The minimum Gasteiger partial charge on any atom is -0.443 e. The highest BCUT2D eigenvalue weighted by molar-refractivity contribution is 6.76. The normalized spacial score (nSPS) is 21.3. The Kier molecular flexibility index (Phi) is 8.92. The van der Waals surface area contributed by atoms with Gasteiger partial charge in [0.05, 0.1) is 16.5 Å². The van der Waals surface area contributed by atoms with E-state index < -0.39 is 119 Å². The average Bonchev–Trinajstić information content (AvgIpc) is 2.99. The number of amides is 2. The maximum Gasteiger partial charge on any atom is 0.421 e. The summed E-state index contributed by atoms with van der Waals surface area (Å²) in [5.41, 5.74) is -6.01. The van der Waals surface area contributed by atoms with E-state index in [1.807, 2.05) is 19.6 Å². The van der Waals surface area contributed by atoms with E-state index in [0.717, 1.165) is 0 Å². The predicted octanol–water partition coefficient (Wildman–Crippen LogP) is 5.25. The molecular formula is C29H41F6N7O5Si. The Balaban J connectivity index is 2.00. The van der Waals surface area contributed by atoms with E-state index in [1.54, 1.807) is 0 Å². The Hall–Kier alpha value is -3.74. The van der Waals surface area contributed by atoms with Crippen molar-refractivity contribution in [2.24, 2.45) is 0 Å². The lowest BCUT2D eigenvalue weighted by atomic mass is 10.2. The highest BCUT2D eigenvalue weighted by atomic mass is 28.3. The molecule has 12 nitrogen and oxygen atoms in total. The SMILES string of the molecule is [2H]C1([2H])N(C(=O)CCCN(C(=O)OC(C)(C)C)c2cc(C(F)(F)F)c(=O)n(COCC[Si](C)(C)C)n2)C([2H])([2H])C([2H])([2H])N(c2ncc(C(F)(F)F)cn2)C1([2H])[2H]. The summed E-state index contributed by atoms with van der Waals surface area (Å²) in [7, 11) is -1.66. The molecule has 0 atom stereocenters. The van der Waals surface area contributed by atoms with Crippen LogP contribution in [0.4, 0.5) is 42.9 Å². The van der Waals surface area contributed by atoms with Gasteiger partial charge in [0.2, 0.25) is 11.9 Å². The van der Waals surface area contributed by atoms with Crippen LogP contribution in [0.5, 0.6) is 0 Å². The first-order valence-corrected chi connectivity index (χ1v) is 18.1. The molecule has 19 heteroatoms. The number of rotatable bonds is 11. The van der Waals surface area contributed by atoms with Crippen molar-refractivity contribution in [2.45, 2.75) is 84.0 Å². The number of alkyl halides is 6. The molecule has 1 saturated heterocycles. The number of hydrogen-bond donors (Lipinski definition) is 0. The number of halogens is 6. The van der Waals surface area contributed by atoms with Crippen molar-refractivity contribution >= 4 is 31.8 Å². The van der Waals surface area contributed by atoms with Crippen molar-refractivity contribution in [1.82, 2.24) is 24.6 Å². The summed E-state index contributed by atoms with van der Waals surface area (Å²) in [6.45, 7) is -6.21. The van der Waals surface area contributed by atoms with Gasteiger partial charge in [-0.1, -0.05) is 19.6 Å². The molecule has 0 saturated carbocycles. The van der Waals surface area contributed by atoms with Crippen LogP contribution < -0.4 is 15.4 Å². The predicted molar refractivity (Wildman–Crippen MR) is 166 cm³/mol. The van der Waals surface area contributed by atoms with Gasteiger partial charge >= 0.3 is 18.4 Å². The molecule has 1 fully saturated rings. The maximum absolute atomic E-state index is 14.1. The van der Waals surface area contributed by atoms with Gasteiger partial charge in [-0.3, -0.25) is 14.5 Å². The third kappa shape index (κ3) is 11.5. The van der Waals surface area contributed by atoms with E-state index in [9.17, 15) is 40.7 Å². The van der Waals surface area contributed by atoms with Crippen LogP contribution in [0.3, 0.4) is 0 Å². The fourth-order valence-corrected chi connectivity index (χ4v) is 4.42. The molecule has 48 heavy (non-hydrogen) atoms. The van der Waals surface area contributed by atoms with E-state index in [-0.39, 0.29) is 34.9 Å². The van der Waals surface area contributed by atoms with E-state index in [1.165, 1.54) is 20.8 Å². The number of anilines is 2. The number of ether oxygens (including phenoxy) is 2. The Morgan fingerprint density at radius 3 is 2.12 bits per heavy atom. The average molecular weight is 718 g/mol. The summed E-state index contributed by atoms with van der Waals surface area (Å²) in [4.78, 5) is 46.2. The Labute approximate surface area is 286 Å². The second-order valence-corrected chi connectivity index (χ2v) is 18.2. The van der Waals surface area contributed by atoms with Gasteiger partial charge in [-0.15, -0.1) is 5.10 Å². The zero-order valence-electron chi connectivity index (χ0n) is 34.9. The summed E-state index contributed by atoms with van der Waals surface area (Å²) < 4.78 is 160. The lowest BCUT2D eigenvalue weighted by Crippen LogP contribution is -2.49. The molecule has 0 unspecified atom stereocenters. The molecule has 2 aromatic rings. The zero-order valence-corrected chi connectivity index (χ0v) is 27.9. The maximum atomic E-state index is 14.1. The summed E-state index contributed by atoms with van der Waals surface area (Å²) in [6, 6.07) is 0.859. The fourth-order valence-electron chi connectivity index (χ4n) is 3.66. The molecule has 0 N–H and O–H groups in total. The number of aromatic nitrogens is 4. The minimum absolute atomic E-state index is 0.0791. The molecule has 3 rings (SSSR count). The van der Waals surface area contributed by atoms with Crippen LogP contribution in [0.1, 0.15) is 55.7 Å². The molecule has 2 amide bonds. The first kappa shape index (κ1) is 28.1. The third-order valence-electron chi connectivity index (χ3n) is 6.10. The van der Waals surface area contributed by atoms with Crippen LogP contribution >= 0.6 is 0 Å². The summed E-state index contributed by atoms with van der Waals surface area (Å²) in [5, 5.41) is 3.88. The fraction of sp³-hybridized carbons (Fsp3) is 0.655. The quantitative estimate of drug-likeness (QED) is 0.174. The summed E-state index contributed by atoms with van der Waals surface area (Å²) in [5.74, 6) is -3.56. The van der Waals surface area contributed by atoms with Gasteiger partial charge in [0, 0.05) is 72.1 Å². The van der Waals surface area contributed by atoms with Crippen molar-refractivity contribution in [1.29, 1.82) is 0 Å². The zero-order chi connectivity index (χ0) is 43.3. The number of carbonyl (C=O) groups excluding carboxylic acids is 2. The first-order valence-electron chi connectivity index (χ1n) is 18.4. The number of carbonyl (C=O) groups is 2. The Bertz CT molecular complexity index is 1800. The Morgan fingerprint density at radius 2 is 1.60 bits per heavy atom. The number of hydrogen-bond acceptors (Lipinski definition) is 9. The largest absolute Gasteiger partial charge is 0.443 e. The molecule has 0 bridgehead atoms. The number of nitrogens with zero attached hydrogens (tertiary/aromatic N) is 7. The molecule has 268 valence electrons. The van der Waals surface area contributed by atoms with Crippen LogP contribution in [0.2, 0.25) is 25.7 Å². The van der Waals surface area contributed by atoms with E-state index >= 15 is 0 Å². The van der Waals surface area contributed by atoms with Gasteiger partial charge < -0.3 is 19.3 Å². The van der Waals surface area contributed by atoms with Crippen LogP contribution in [0.15, 0.2) is 23.3 Å². The van der Waals surface area contributed by atoms with Gasteiger partial charge in [0.15, 0.2) is 5.82 Å². The van der Waals surface area contributed by atoms with Gasteiger partial charge in [-0.2, -0.15) is 26.3 Å². The van der Waals surface area contributed by atoms with Crippen LogP contribution in [-0.2, 0) is 33.4 Å². The van der Waals surface area contributed by atoms with E-state index in [2.05, 4.69) is 15.1 Å². The number of piperazine rings is 1. The lowest BCUT2D eigenvalue weighted by Gasteiger charge is -2.35. The molecule has 2 aromatic heterocycles. The van der Waals surface area contributed by atoms with Crippen molar-refractivity contribution < 1.29 is 56.4 Å².